The summed E-state index contributed by atoms with van der Waals surface area (Å²) >= 11 is 0. The average molecular weight is 259 g/mol. The summed E-state index contributed by atoms with van der Waals surface area (Å²) in [5, 5.41) is 6.44. The number of hydrogen-bond donors (Lipinski definition) is 2. The Kier molecular flexibility index (Phi) is 5.27. The standard InChI is InChI=1S/C10H17N3O3S/c1-7(17(2)16)5-6-11-10(15)8-3-4-9(14)13-12-8/h7H,3-6H2,1-2H3,(H,11,15)(H,13,14). The lowest BCUT2D eigenvalue weighted by Crippen LogP contribution is -2.37. The maximum Gasteiger partial charge on any atom is 0.267 e. The largest absolute Gasteiger partial charge is 0.351 e. The van der Waals surface area contributed by atoms with Crippen LogP contribution >= 0.6 is 0 Å². The Morgan fingerprint density at radius 1 is 1.59 bits per heavy atom. The first-order chi connectivity index (χ1) is 8.00. The highest BCUT2D eigenvalue weighted by Crippen LogP contribution is 2.00. The fraction of sp³-hybridized carbons (Fsp3) is 0.700. The van der Waals surface area contributed by atoms with Crippen molar-refractivity contribution in [1.29, 1.82) is 0 Å². The molecule has 0 spiro atoms. The van der Waals surface area contributed by atoms with Crippen molar-refractivity contribution in [2.24, 2.45) is 5.10 Å². The fourth-order valence-electron chi connectivity index (χ4n) is 1.29. The molecule has 0 radical (unpaired) electrons. The van der Waals surface area contributed by atoms with Gasteiger partial charge in [-0.1, -0.05) is 6.92 Å². The molecule has 17 heavy (non-hydrogen) atoms. The predicted octanol–water partition coefficient (Wildman–Crippen LogP) is -0.474. The molecule has 1 rings (SSSR count). The lowest BCUT2D eigenvalue weighted by Gasteiger charge is -2.13. The number of carbonyl (C=O) groups excluding carboxylic acids is 2. The zero-order chi connectivity index (χ0) is 12.8. The summed E-state index contributed by atoms with van der Waals surface area (Å²) in [6, 6.07) is 0. The Morgan fingerprint density at radius 2 is 2.29 bits per heavy atom. The number of nitrogens with one attached hydrogen (secondary N) is 2. The summed E-state index contributed by atoms with van der Waals surface area (Å²) in [6.45, 7) is 2.34. The first-order valence-electron chi connectivity index (χ1n) is 5.46. The van der Waals surface area contributed by atoms with Gasteiger partial charge in [0.2, 0.25) is 5.91 Å². The van der Waals surface area contributed by atoms with Crippen LogP contribution in [0.4, 0.5) is 0 Å². The van der Waals surface area contributed by atoms with Gasteiger partial charge in [-0.3, -0.25) is 13.8 Å². The second-order valence-electron chi connectivity index (χ2n) is 3.95. The summed E-state index contributed by atoms with van der Waals surface area (Å²) in [7, 11) is -0.873. The molecule has 0 aromatic heterocycles. The van der Waals surface area contributed by atoms with E-state index in [4.69, 9.17) is 0 Å². The van der Waals surface area contributed by atoms with Gasteiger partial charge in [-0.05, 0) is 6.42 Å². The van der Waals surface area contributed by atoms with Crippen molar-refractivity contribution < 1.29 is 13.8 Å². The lowest BCUT2D eigenvalue weighted by atomic mass is 10.1. The molecular weight excluding hydrogens is 242 g/mol. The van der Waals surface area contributed by atoms with Crippen molar-refractivity contribution in [3.8, 4) is 0 Å². The highest BCUT2D eigenvalue weighted by atomic mass is 32.2. The van der Waals surface area contributed by atoms with Crippen molar-refractivity contribution in [2.45, 2.75) is 31.4 Å². The molecule has 0 bridgehead atoms. The van der Waals surface area contributed by atoms with E-state index in [1.807, 2.05) is 6.92 Å². The first-order valence-corrected chi connectivity index (χ1v) is 7.08. The quantitative estimate of drug-likeness (QED) is 0.699. The molecule has 1 aliphatic rings. The molecule has 2 unspecified atom stereocenters. The molecule has 0 aromatic carbocycles. The van der Waals surface area contributed by atoms with Gasteiger partial charge in [0.1, 0.15) is 5.71 Å². The molecule has 2 atom stereocenters. The normalized spacial score (nSPS) is 18.9. The second kappa shape index (κ2) is 6.48. The van der Waals surface area contributed by atoms with Crippen LogP contribution in [-0.4, -0.2) is 39.8 Å². The number of nitrogens with zero attached hydrogens (tertiary/aromatic N) is 1. The van der Waals surface area contributed by atoms with Crippen LogP contribution in [0.15, 0.2) is 5.10 Å². The van der Waals surface area contributed by atoms with Crippen LogP contribution in [0.5, 0.6) is 0 Å². The van der Waals surface area contributed by atoms with E-state index >= 15 is 0 Å². The summed E-state index contributed by atoms with van der Waals surface area (Å²) < 4.78 is 11.1. The third kappa shape index (κ3) is 4.64. The van der Waals surface area contributed by atoms with E-state index in [1.54, 1.807) is 6.26 Å². The van der Waals surface area contributed by atoms with Crippen LogP contribution < -0.4 is 10.7 Å². The molecule has 0 aliphatic carbocycles. The van der Waals surface area contributed by atoms with Gasteiger partial charge in [0.25, 0.3) is 5.91 Å². The highest BCUT2D eigenvalue weighted by Gasteiger charge is 2.18. The molecule has 2 N–H and O–H groups in total. The maximum absolute atomic E-state index is 11.6. The molecule has 0 saturated carbocycles. The molecular formula is C10H17N3O3S. The van der Waals surface area contributed by atoms with Gasteiger partial charge < -0.3 is 5.32 Å². The Bertz CT molecular complexity index is 368. The third-order valence-electron chi connectivity index (χ3n) is 2.57. The smallest absolute Gasteiger partial charge is 0.267 e. The van der Waals surface area contributed by atoms with Gasteiger partial charge in [-0.15, -0.1) is 0 Å². The Morgan fingerprint density at radius 3 is 2.82 bits per heavy atom. The van der Waals surface area contributed by atoms with Gasteiger partial charge >= 0.3 is 0 Å². The molecule has 0 saturated heterocycles. The highest BCUT2D eigenvalue weighted by molar-refractivity contribution is 7.84. The van der Waals surface area contributed by atoms with Crippen molar-refractivity contribution in [1.82, 2.24) is 10.7 Å². The van der Waals surface area contributed by atoms with E-state index < -0.39 is 10.8 Å². The van der Waals surface area contributed by atoms with Gasteiger partial charge in [0.05, 0.1) is 0 Å². The molecule has 0 aromatic rings. The SMILES string of the molecule is CC(CCNC(=O)C1=NNC(=O)CC1)S(C)=O. The van der Waals surface area contributed by atoms with Crippen LogP contribution in [0.2, 0.25) is 0 Å². The van der Waals surface area contributed by atoms with Crippen LogP contribution in [0.25, 0.3) is 0 Å². The number of hydrazone groups is 1. The minimum absolute atomic E-state index is 0.0586. The maximum atomic E-state index is 11.6. The summed E-state index contributed by atoms with van der Waals surface area (Å²) in [4.78, 5) is 22.4. The Balaban J connectivity index is 2.30. The van der Waals surface area contributed by atoms with E-state index in [0.29, 0.717) is 31.5 Å². The first kappa shape index (κ1) is 13.8. The van der Waals surface area contributed by atoms with Crippen molar-refractivity contribution >= 4 is 28.3 Å². The van der Waals surface area contributed by atoms with E-state index in [-0.39, 0.29) is 17.1 Å². The molecule has 1 heterocycles. The Hall–Kier alpha value is -1.24. The predicted molar refractivity (Wildman–Crippen MR) is 66.0 cm³/mol. The zero-order valence-electron chi connectivity index (χ0n) is 9.99. The van der Waals surface area contributed by atoms with E-state index in [0.717, 1.165) is 0 Å². The minimum atomic E-state index is -0.873. The topological polar surface area (TPSA) is 87.6 Å². The third-order valence-corrected chi connectivity index (χ3v) is 3.94. The van der Waals surface area contributed by atoms with Crippen molar-refractivity contribution in [2.75, 3.05) is 12.8 Å². The zero-order valence-corrected chi connectivity index (χ0v) is 10.8. The van der Waals surface area contributed by atoms with Crippen LogP contribution in [0.3, 0.4) is 0 Å². The Labute approximate surface area is 103 Å². The number of carbonyl (C=O) groups is 2. The monoisotopic (exact) mass is 259 g/mol. The molecule has 7 heteroatoms. The van der Waals surface area contributed by atoms with Crippen molar-refractivity contribution in [3.63, 3.8) is 0 Å². The second-order valence-corrected chi connectivity index (χ2v) is 5.75. The number of hydrogen-bond acceptors (Lipinski definition) is 4. The fourth-order valence-corrected chi connectivity index (χ4v) is 1.74. The van der Waals surface area contributed by atoms with Crippen LogP contribution in [0.1, 0.15) is 26.2 Å². The van der Waals surface area contributed by atoms with Crippen LogP contribution in [0, 0.1) is 0 Å². The van der Waals surface area contributed by atoms with Gasteiger partial charge in [0.15, 0.2) is 0 Å². The summed E-state index contributed by atoms with van der Waals surface area (Å²) in [5.41, 5.74) is 2.61. The van der Waals surface area contributed by atoms with Crippen molar-refractivity contribution in [3.05, 3.63) is 0 Å². The van der Waals surface area contributed by atoms with E-state index in [9.17, 15) is 13.8 Å². The summed E-state index contributed by atoms with van der Waals surface area (Å²) in [6.07, 6.45) is 2.97. The van der Waals surface area contributed by atoms with Gasteiger partial charge in [-0.2, -0.15) is 5.10 Å². The van der Waals surface area contributed by atoms with Gasteiger partial charge in [-0.25, -0.2) is 5.43 Å². The van der Waals surface area contributed by atoms with E-state index in [1.165, 1.54) is 0 Å². The lowest BCUT2D eigenvalue weighted by molar-refractivity contribution is -0.121. The minimum Gasteiger partial charge on any atom is -0.351 e. The van der Waals surface area contributed by atoms with Crippen LogP contribution in [-0.2, 0) is 20.4 Å². The van der Waals surface area contributed by atoms with E-state index in [2.05, 4.69) is 15.8 Å². The average Bonchev–Trinajstić information content (AvgIpc) is 2.29. The molecule has 1 aliphatic heterocycles. The number of rotatable bonds is 5. The molecule has 0 fully saturated rings. The number of amides is 2. The summed E-state index contributed by atoms with van der Waals surface area (Å²) in [5.74, 6) is -0.435. The van der Waals surface area contributed by atoms with Gasteiger partial charge in [0, 0.05) is 41.7 Å². The molecule has 6 nitrogen and oxygen atoms in total. The molecule has 2 amide bonds. The molecule has 96 valence electrons.